The Kier molecular flexibility index (Phi) is 5.26. The third-order valence-electron chi connectivity index (χ3n) is 2.27. The molecule has 1 aromatic heterocycles. The van der Waals surface area contributed by atoms with Crippen molar-refractivity contribution in [1.29, 1.82) is 0 Å². The third kappa shape index (κ3) is 5.47. The van der Waals surface area contributed by atoms with Crippen LogP contribution in [0.2, 0.25) is 0 Å². The highest BCUT2D eigenvalue weighted by molar-refractivity contribution is 5.00. The van der Waals surface area contributed by atoms with Crippen LogP contribution in [0.4, 0.5) is 0 Å². The molecule has 0 atom stereocenters. The zero-order chi connectivity index (χ0) is 11.1. The van der Waals surface area contributed by atoms with Gasteiger partial charge >= 0.3 is 0 Å². The van der Waals surface area contributed by atoms with E-state index in [9.17, 15) is 0 Å². The van der Waals surface area contributed by atoms with Crippen LogP contribution >= 0.6 is 0 Å². The van der Waals surface area contributed by atoms with E-state index in [1.165, 1.54) is 12.8 Å². The van der Waals surface area contributed by atoms with E-state index in [-0.39, 0.29) is 0 Å². The molecule has 1 N–H and O–H groups in total. The van der Waals surface area contributed by atoms with E-state index in [4.69, 9.17) is 0 Å². The summed E-state index contributed by atoms with van der Waals surface area (Å²) < 4.78 is 0. The maximum Gasteiger partial charge on any atom is 0.125 e. The highest BCUT2D eigenvalue weighted by atomic mass is 14.9. The SMILES string of the molecule is Cc1nccc(CNCCCC(C)C)n1. The molecule has 1 aromatic rings. The molecule has 1 heterocycles. The molecule has 84 valence electrons. The first-order chi connectivity index (χ1) is 7.18. The van der Waals surface area contributed by atoms with Crippen molar-refractivity contribution in [1.82, 2.24) is 15.3 Å². The molecule has 0 aromatic carbocycles. The van der Waals surface area contributed by atoms with Crippen molar-refractivity contribution >= 4 is 0 Å². The maximum absolute atomic E-state index is 4.33. The van der Waals surface area contributed by atoms with Gasteiger partial charge in [-0.1, -0.05) is 13.8 Å². The van der Waals surface area contributed by atoms with Gasteiger partial charge in [0.2, 0.25) is 0 Å². The van der Waals surface area contributed by atoms with Gasteiger partial charge in [-0.25, -0.2) is 9.97 Å². The van der Waals surface area contributed by atoms with E-state index < -0.39 is 0 Å². The molecule has 15 heavy (non-hydrogen) atoms. The van der Waals surface area contributed by atoms with E-state index >= 15 is 0 Å². The van der Waals surface area contributed by atoms with Gasteiger partial charge in [-0.2, -0.15) is 0 Å². The van der Waals surface area contributed by atoms with Crippen LogP contribution in [0.3, 0.4) is 0 Å². The molecule has 0 saturated heterocycles. The minimum atomic E-state index is 0.799. The lowest BCUT2D eigenvalue weighted by molar-refractivity contribution is 0.525. The average Bonchev–Trinajstić information content (AvgIpc) is 2.17. The van der Waals surface area contributed by atoms with Gasteiger partial charge in [0.15, 0.2) is 0 Å². The van der Waals surface area contributed by atoms with Crippen molar-refractivity contribution in [3.8, 4) is 0 Å². The number of aromatic nitrogens is 2. The highest BCUT2D eigenvalue weighted by Crippen LogP contribution is 2.02. The molecule has 0 bridgehead atoms. The number of hydrogen-bond acceptors (Lipinski definition) is 3. The van der Waals surface area contributed by atoms with Gasteiger partial charge in [0, 0.05) is 12.7 Å². The Bertz CT molecular complexity index is 284. The zero-order valence-corrected chi connectivity index (χ0v) is 9.95. The first kappa shape index (κ1) is 12.1. The average molecular weight is 207 g/mol. The van der Waals surface area contributed by atoms with Crippen LogP contribution in [0.15, 0.2) is 12.3 Å². The third-order valence-corrected chi connectivity index (χ3v) is 2.27. The quantitative estimate of drug-likeness (QED) is 0.727. The molecule has 0 spiro atoms. The molecule has 0 saturated carbocycles. The van der Waals surface area contributed by atoms with Gasteiger partial charge in [-0.3, -0.25) is 0 Å². The van der Waals surface area contributed by atoms with E-state index in [0.717, 1.165) is 30.5 Å². The molecule has 0 fully saturated rings. The van der Waals surface area contributed by atoms with Gasteiger partial charge in [-0.05, 0) is 38.3 Å². The first-order valence-electron chi connectivity index (χ1n) is 5.67. The summed E-state index contributed by atoms with van der Waals surface area (Å²) in [5.41, 5.74) is 1.08. The smallest absolute Gasteiger partial charge is 0.125 e. The lowest BCUT2D eigenvalue weighted by atomic mass is 10.1. The topological polar surface area (TPSA) is 37.8 Å². The second-order valence-corrected chi connectivity index (χ2v) is 4.31. The van der Waals surface area contributed by atoms with Crippen LogP contribution < -0.4 is 5.32 Å². The lowest BCUT2D eigenvalue weighted by Gasteiger charge is -2.06. The molecule has 0 amide bonds. The Labute approximate surface area is 92.3 Å². The summed E-state index contributed by atoms with van der Waals surface area (Å²) in [5.74, 6) is 1.64. The van der Waals surface area contributed by atoms with Crippen LogP contribution in [0.5, 0.6) is 0 Å². The standard InChI is InChI=1S/C12H21N3/c1-10(2)5-4-7-13-9-12-6-8-14-11(3)15-12/h6,8,10,13H,4-5,7,9H2,1-3H3. The van der Waals surface area contributed by atoms with Crippen LogP contribution in [-0.4, -0.2) is 16.5 Å². The van der Waals surface area contributed by atoms with E-state index in [0.29, 0.717) is 0 Å². The number of hydrogen-bond donors (Lipinski definition) is 1. The summed E-state index contributed by atoms with van der Waals surface area (Å²) in [5, 5.41) is 3.39. The van der Waals surface area contributed by atoms with Gasteiger partial charge in [0.25, 0.3) is 0 Å². The van der Waals surface area contributed by atoms with Crippen LogP contribution in [0.1, 0.15) is 38.2 Å². The van der Waals surface area contributed by atoms with E-state index in [1.807, 2.05) is 19.2 Å². The number of aryl methyl sites for hydroxylation is 1. The fourth-order valence-corrected chi connectivity index (χ4v) is 1.46. The summed E-state index contributed by atoms with van der Waals surface area (Å²) in [6.07, 6.45) is 4.34. The van der Waals surface area contributed by atoms with Gasteiger partial charge in [0.1, 0.15) is 5.82 Å². The molecular weight excluding hydrogens is 186 g/mol. The van der Waals surface area contributed by atoms with Crippen molar-refractivity contribution in [3.05, 3.63) is 23.8 Å². The van der Waals surface area contributed by atoms with Crippen molar-refractivity contribution in [2.24, 2.45) is 5.92 Å². The molecule has 0 aliphatic rings. The Morgan fingerprint density at radius 1 is 1.40 bits per heavy atom. The summed E-state index contributed by atoms with van der Waals surface area (Å²) in [6.45, 7) is 8.35. The fourth-order valence-electron chi connectivity index (χ4n) is 1.46. The molecule has 3 heteroatoms. The minimum absolute atomic E-state index is 0.799. The molecule has 3 nitrogen and oxygen atoms in total. The predicted octanol–water partition coefficient (Wildman–Crippen LogP) is 2.31. The first-order valence-corrected chi connectivity index (χ1v) is 5.67. The van der Waals surface area contributed by atoms with Gasteiger partial charge < -0.3 is 5.32 Å². The largest absolute Gasteiger partial charge is 0.311 e. The monoisotopic (exact) mass is 207 g/mol. The normalized spacial score (nSPS) is 10.9. The molecule has 0 radical (unpaired) electrons. The Morgan fingerprint density at radius 3 is 2.87 bits per heavy atom. The Hall–Kier alpha value is -0.960. The van der Waals surface area contributed by atoms with Crippen LogP contribution in [0.25, 0.3) is 0 Å². The summed E-state index contributed by atoms with van der Waals surface area (Å²) in [7, 11) is 0. The van der Waals surface area contributed by atoms with Crippen molar-refractivity contribution in [3.63, 3.8) is 0 Å². The second-order valence-electron chi connectivity index (χ2n) is 4.31. The van der Waals surface area contributed by atoms with Gasteiger partial charge in [-0.15, -0.1) is 0 Å². The summed E-state index contributed by atoms with van der Waals surface area (Å²) in [6, 6.07) is 1.96. The molecule has 0 aliphatic heterocycles. The van der Waals surface area contributed by atoms with Crippen molar-refractivity contribution in [2.45, 2.75) is 40.2 Å². The molecule has 1 rings (SSSR count). The van der Waals surface area contributed by atoms with E-state index in [1.54, 1.807) is 0 Å². The molecule has 0 aliphatic carbocycles. The maximum atomic E-state index is 4.33. The van der Waals surface area contributed by atoms with Crippen molar-refractivity contribution in [2.75, 3.05) is 6.54 Å². The summed E-state index contributed by atoms with van der Waals surface area (Å²) >= 11 is 0. The second kappa shape index (κ2) is 6.51. The zero-order valence-electron chi connectivity index (χ0n) is 9.95. The Balaban J connectivity index is 2.15. The predicted molar refractivity (Wildman–Crippen MR) is 62.5 cm³/mol. The highest BCUT2D eigenvalue weighted by Gasteiger charge is 1.96. The van der Waals surface area contributed by atoms with E-state index in [2.05, 4.69) is 29.1 Å². The molecular formula is C12H21N3. The fraction of sp³-hybridized carbons (Fsp3) is 0.667. The van der Waals surface area contributed by atoms with Crippen LogP contribution in [0, 0.1) is 12.8 Å². The molecule has 0 unspecified atom stereocenters. The Morgan fingerprint density at radius 2 is 2.20 bits per heavy atom. The lowest BCUT2D eigenvalue weighted by Crippen LogP contribution is -2.16. The minimum Gasteiger partial charge on any atom is -0.311 e. The summed E-state index contributed by atoms with van der Waals surface area (Å²) in [4.78, 5) is 8.40. The van der Waals surface area contributed by atoms with Gasteiger partial charge in [0.05, 0.1) is 5.69 Å². The van der Waals surface area contributed by atoms with Crippen molar-refractivity contribution < 1.29 is 0 Å². The number of rotatable bonds is 6. The number of nitrogens with zero attached hydrogens (tertiary/aromatic N) is 2. The number of nitrogens with one attached hydrogen (secondary N) is 1. The van der Waals surface area contributed by atoms with Crippen LogP contribution in [-0.2, 0) is 6.54 Å².